The fraction of sp³-hybridized carbons (Fsp3) is 0.190. The Bertz CT molecular complexity index is 1020. The third-order valence-corrected chi connectivity index (χ3v) is 4.52. The van der Waals surface area contributed by atoms with Crippen LogP contribution in [0.1, 0.15) is 40.1 Å². The second-order valence-corrected chi connectivity index (χ2v) is 6.43. The summed E-state index contributed by atoms with van der Waals surface area (Å²) in [7, 11) is 0. The van der Waals surface area contributed by atoms with Gasteiger partial charge in [0.15, 0.2) is 6.10 Å². The zero-order chi connectivity index (χ0) is 21.1. The molecule has 3 amide bonds. The van der Waals surface area contributed by atoms with Gasteiger partial charge in [-0.1, -0.05) is 24.3 Å². The van der Waals surface area contributed by atoms with Crippen LogP contribution >= 0.6 is 0 Å². The molecule has 2 aromatic rings. The summed E-state index contributed by atoms with van der Waals surface area (Å²) in [5.41, 5.74) is 0.988. The Morgan fingerprint density at radius 3 is 2.14 bits per heavy atom. The number of carbonyl (C=O) groups excluding carboxylic acids is 4. The van der Waals surface area contributed by atoms with Gasteiger partial charge in [0.05, 0.1) is 22.4 Å². The highest BCUT2D eigenvalue weighted by Gasteiger charge is 2.41. The van der Waals surface area contributed by atoms with Crippen molar-refractivity contribution in [3.05, 3.63) is 65.2 Å². The average Bonchev–Trinajstić information content (AvgIpc) is 2.98. The van der Waals surface area contributed by atoms with Crippen molar-refractivity contribution in [1.82, 2.24) is 4.90 Å². The summed E-state index contributed by atoms with van der Waals surface area (Å²) in [5.74, 6) is -2.71. The molecule has 1 heterocycles. The van der Waals surface area contributed by atoms with Gasteiger partial charge in [0.25, 0.3) is 17.7 Å². The molecule has 0 bridgehead atoms. The van der Waals surface area contributed by atoms with Crippen LogP contribution in [0.2, 0.25) is 0 Å². The maximum atomic E-state index is 12.5. The smallest absolute Gasteiger partial charge is 0.329 e. The highest BCUT2D eigenvalue weighted by molar-refractivity contribution is 6.22. The Morgan fingerprint density at radius 2 is 1.55 bits per heavy atom. The van der Waals surface area contributed by atoms with Crippen LogP contribution < -0.4 is 5.32 Å². The van der Waals surface area contributed by atoms with Gasteiger partial charge in [-0.05, 0) is 38.1 Å². The number of rotatable bonds is 5. The van der Waals surface area contributed by atoms with Gasteiger partial charge in [-0.15, -0.1) is 0 Å². The lowest BCUT2D eigenvalue weighted by molar-refractivity contribution is -0.156. The molecule has 0 unspecified atom stereocenters. The number of imide groups is 1. The molecular weight excluding hydrogens is 374 g/mol. The lowest BCUT2D eigenvalue weighted by Crippen LogP contribution is -2.45. The molecule has 8 nitrogen and oxygen atoms in total. The van der Waals surface area contributed by atoms with Crippen LogP contribution in [0.25, 0.3) is 0 Å². The molecule has 2 atom stereocenters. The summed E-state index contributed by atoms with van der Waals surface area (Å²) < 4.78 is 5.15. The number of anilines is 1. The second kappa shape index (κ2) is 7.94. The number of nitrogens with one attached hydrogen (secondary N) is 1. The molecule has 1 N–H and O–H groups in total. The summed E-state index contributed by atoms with van der Waals surface area (Å²) in [6.07, 6.45) is -1.20. The van der Waals surface area contributed by atoms with E-state index in [1.807, 2.05) is 6.07 Å². The van der Waals surface area contributed by atoms with Gasteiger partial charge in [0, 0.05) is 0 Å². The van der Waals surface area contributed by atoms with Crippen molar-refractivity contribution in [2.75, 3.05) is 5.32 Å². The molecule has 1 aliphatic heterocycles. The van der Waals surface area contributed by atoms with E-state index in [-0.39, 0.29) is 22.4 Å². The fourth-order valence-corrected chi connectivity index (χ4v) is 2.92. The Labute approximate surface area is 166 Å². The number of ether oxygens (including phenoxy) is 1. The summed E-state index contributed by atoms with van der Waals surface area (Å²) in [5, 5.41) is 11.6. The van der Waals surface area contributed by atoms with Crippen molar-refractivity contribution in [3.8, 4) is 6.07 Å². The third kappa shape index (κ3) is 3.71. The predicted octanol–water partition coefficient (Wildman–Crippen LogP) is 2.11. The lowest BCUT2D eigenvalue weighted by Gasteiger charge is -2.22. The lowest BCUT2D eigenvalue weighted by atomic mass is 10.1. The van der Waals surface area contributed by atoms with Crippen LogP contribution in [-0.4, -0.2) is 40.7 Å². The molecule has 0 aromatic heterocycles. The fourth-order valence-electron chi connectivity index (χ4n) is 2.92. The molecule has 0 fully saturated rings. The quantitative estimate of drug-likeness (QED) is 0.616. The summed E-state index contributed by atoms with van der Waals surface area (Å²) >= 11 is 0. The zero-order valence-corrected chi connectivity index (χ0v) is 15.7. The molecule has 0 saturated heterocycles. The Balaban J connectivity index is 1.67. The average molecular weight is 391 g/mol. The van der Waals surface area contributed by atoms with E-state index >= 15 is 0 Å². The van der Waals surface area contributed by atoms with E-state index in [4.69, 9.17) is 10.00 Å². The maximum Gasteiger partial charge on any atom is 0.329 e. The van der Waals surface area contributed by atoms with Gasteiger partial charge in [-0.3, -0.25) is 19.3 Å². The van der Waals surface area contributed by atoms with Crippen LogP contribution in [-0.2, 0) is 14.3 Å². The molecule has 3 rings (SSSR count). The zero-order valence-electron chi connectivity index (χ0n) is 15.7. The minimum absolute atomic E-state index is 0.219. The van der Waals surface area contributed by atoms with E-state index < -0.39 is 35.8 Å². The van der Waals surface area contributed by atoms with Crippen molar-refractivity contribution < 1.29 is 23.9 Å². The Hall–Kier alpha value is -3.99. The van der Waals surface area contributed by atoms with Gasteiger partial charge < -0.3 is 10.1 Å². The number of carbonyl (C=O) groups is 4. The van der Waals surface area contributed by atoms with Crippen molar-refractivity contribution in [1.29, 1.82) is 5.26 Å². The number of esters is 1. The first kappa shape index (κ1) is 19.8. The number of nitriles is 1. The summed E-state index contributed by atoms with van der Waals surface area (Å²) in [6, 6.07) is 13.4. The van der Waals surface area contributed by atoms with Crippen LogP contribution in [0.3, 0.4) is 0 Å². The van der Waals surface area contributed by atoms with Crippen LogP contribution in [0, 0.1) is 11.3 Å². The molecule has 2 aromatic carbocycles. The Morgan fingerprint density at radius 1 is 1.00 bits per heavy atom. The largest absolute Gasteiger partial charge is 0.451 e. The SMILES string of the molecule is C[C@@H](OC(=O)[C@H](C)N1C(=O)c2ccccc2C1=O)C(=O)Nc1ccccc1C#N. The third-order valence-electron chi connectivity index (χ3n) is 4.52. The van der Waals surface area contributed by atoms with E-state index in [2.05, 4.69) is 5.32 Å². The van der Waals surface area contributed by atoms with Crippen LogP contribution in [0.4, 0.5) is 5.69 Å². The number of hydrogen-bond acceptors (Lipinski definition) is 6. The molecule has 1 aliphatic rings. The standard InChI is InChI=1S/C21H17N3O5/c1-12(24-19(26)15-8-4-5-9-16(15)20(24)27)21(28)29-13(2)18(25)23-17-10-6-3-7-14(17)11-22/h3-10,12-13H,1-2H3,(H,23,25)/t12-,13+/m0/s1. The normalized spacial score (nSPS) is 14.6. The minimum atomic E-state index is -1.20. The van der Waals surface area contributed by atoms with Crippen molar-refractivity contribution in [2.24, 2.45) is 0 Å². The maximum absolute atomic E-state index is 12.5. The highest BCUT2D eigenvalue weighted by Crippen LogP contribution is 2.25. The first-order valence-electron chi connectivity index (χ1n) is 8.82. The number of nitrogens with zero attached hydrogens (tertiary/aromatic N) is 2. The first-order valence-corrected chi connectivity index (χ1v) is 8.82. The second-order valence-electron chi connectivity index (χ2n) is 6.43. The van der Waals surface area contributed by atoms with Gasteiger partial charge in [-0.2, -0.15) is 5.26 Å². The molecule has 29 heavy (non-hydrogen) atoms. The number of amides is 3. The van der Waals surface area contributed by atoms with E-state index in [9.17, 15) is 19.2 Å². The number of para-hydroxylation sites is 1. The first-order chi connectivity index (χ1) is 13.8. The molecule has 0 radical (unpaired) electrons. The van der Waals surface area contributed by atoms with E-state index in [1.165, 1.54) is 32.0 Å². The predicted molar refractivity (Wildman–Crippen MR) is 102 cm³/mol. The van der Waals surface area contributed by atoms with E-state index in [0.29, 0.717) is 0 Å². The van der Waals surface area contributed by atoms with Crippen molar-refractivity contribution in [3.63, 3.8) is 0 Å². The topological polar surface area (TPSA) is 117 Å². The van der Waals surface area contributed by atoms with Gasteiger partial charge in [0.1, 0.15) is 12.1 Å². The summed E-state index contributed by atoms with van der Waals surface area (Å²) in [6.45, 7) is 2.72. The summed E-state index contributed by atoms with van der Waals surface area (Å²) in [4.78, 5) is 50.5. The van der Waals surface area contributed by atoms with Crippen LogP contribution in [0.5, 0.6) is 0 Å². The molecular formula is C21H17N3O5. The van der Waals surface area contributed by atoms with Crippen molar-refractivity contribution in [2.45, 2.75) is 26.0 Å². The van der Waals surface area contributed by atoms with E-state index in [0.717, 1.165) is 4.90 Å². The molecule has 0 aliphatic carbocycles. The number of benzene rings is 2. The highest BCUT2D eigenvalue weighted by atomic mass is 16.5. The minimum Gasteiger partial charge on any atom is -0.451 e. The molecule has 8 heteroatoms. The monoisotopic (exact) mass is 391 g/mol. The van der Waals surface area contributed by atoms with E-state index in [1.54, 1.807) is 30.3 Å². The number of fused-ring (bicyclic) bond motifs is 1. The molecule has 0 spiro atoms. The Kier molecular flexibility index (Phi) is 5.41. The van der Waals surface area contributed by atoms with Gasteiger partial charge in [0.2, 0.25) is 0 Å². The number of hydrogen-bond donors (Lipinski definition) is 1. The van der Waals surface area contributed by atoms with Gasteiger partial charge in [-0.25, -0.2) is 4.79 Å². The van der Waals surface area contributed by atoms with Gasteiger partial charge >= 0.3 is 5.97 Å². The molecule has 0 saturated carbocycles. The van der Waals surface area contributed by atoms with Crippen LogP contribution in [0.15, 0.2) is 48.5 Å². The van der Waals surface area contributed by atoms with Crippen molar-refractivity contribution >= 4 is 29.4 Å². The molecule has 146 valence electrons.